The van der Waals surface area contributed by atoms with E-state index in [1.165, 1.54) is 0 Å². The second-order valence-corrected chi connectivity index (χ2v) is 8.48. The smallest absolute Gasteiger partial charge is 0.429 e. The van der Waals surface area contributed by atoms with E-state index in [9.17, 15) is 9.59 Å². The van der Waals surface area contributed by atoms with Gasteiger partial charge in [-0.05, 0) is 51.7 Å². The quantitative estimate of drug-likeness (QED) is 0.386. The molecule has 0 aliphatic heterocycles. The molecule has 2 aromatic carbocycles. The van der Waals surface area contributed by atoms with E-state index in [2.05, 4.69) is 0 Å². The third-order valence-corrected chi connectivity index (χ3v) is 4.82. The Balaban J connectivity index is 0.000000597. The predicted octanol–water partition coefficient (Wildman–Crippen LogP) is 6.87. The van der Waals surface area contributed by atoms with Gasteiger partial charge in [-0.3, -0.25) is 0 Å². The summed E-state index contributed by atoms with van der Waals surface area (Å²) in [6.07, 6.45) is 0.285. The summed E-state index contributed by atoms with van der Waals surface area (Å²) in [4.78, 5) is 30.7. The van der Waals surface area contributed by atoms with Crippen LogP contribution in [-0.2, 0) is 37.0 Å². The molecule has 0 saturated heterocycles. The fourth-order valence-electron chi connectivity index (χ4n) is 2.09. The first kappa shape index (κ1) is 30.7. The zero-order valence-corrected chi connectivity index (χ0v) is 21.2. The Hall–Kier alpha value is -3.35. The topological polar surface area (TPSA) is 88.1 Å². The summed E-state index contributed by atoms with van der Waals surface area (Å²) < 4.78 is 20.3. The minimum absolute atomic E-state index is 0.249. The number of hydrogen-bond acceptors (Lipinski definition) is 7. The van der Waals surface area contributed by atoms with Crippen LogP contribution >= 0.6 is 0 Å². The van der Waals surface area contributed by atoms with Gasteiger partial charge in [0.15, 0.2) is 0 Å². The van der Waals surface area contributed by atoms with E-state index in [0.29, 0.717) is 0 Å². The van der Waals surface area contributed by atoms with E-state index < -0.39 is 23.5 Å². The Kier molecular flexibility index (Phi) is 14.7. The van der Waals surface area contributed by atoms with E-state index in [1.54, 1.807) is 0 Å². The highest BCUT2D eigenvalue weighted by atomic mass is 16.7. The first-order valence-electron chi connectivity index (χ1n) is 11.1. The van der Waals surface area contributed by atoms with Crippen LogP contribution in [0.1, 0.15) is 65.5 Å². The minimum Gasteiger partial charge on any atom is -0.429 e. The zero-order chi connectivity index (χ0) is 26.0. The van der Waals surface area contributed by atoms with Crippen molar-refractivity contribution in [2.45, 2.75) is 78.8 Å². The zero-order valence-electron chi connectivity index (χ0n) is 21.2. The third-order valence-electron chi connectivity index (χ3n) is 4.82. The molecule has 0 atom stereocenters. The monoisotopic (exact) mass is 474 g/mol. The summed E-state index contributed by atoms with van der Waals surface area (Å²) in [6, 6.07) is 19.1. The molecule has 188 valence electrons. The Bertz CT molecular complexity index is 748. The maximum absolute atomic E-state index is 11.3. The van der Waals surface area contributed by atoms with Crippen LogP contribution in [0.5, 0.6) is 0 Å². The van der Waals surface area contributed by atoms with Crippen LogP contribution in [0.15, 0.2) is 60.7 Å². The molecule has 0 aliphatic carbocycles. The Morgan fingerprint density at radius 2 is 0.941 bits per heavy atom. The third kappa shape index (κ3) is 14.7. The van der Waals surface area contributed by atoms with Gasteiger partial charge in [0.2, 0.25) is 0 Å². The van der Waals surface area contributed by atoms with Crippen LogP contribution in [0.25, 0.3) is 0 Å². The average Bonchev–Trinajstić information content (AvgIpc) is 2.84. The molecule has 7 nitrogen and oxygen atoms in total. The van der Waals surface area contributed by atoms with Crippen LogP contribution in [-0.4, -0.2) is 30.3 Å². The lowest BCUT2D eigenvalue weighted by atomic mass is 10.1. The highest BCUT2D eigenvalue weighted by Gasteiger charge is 2.22. The van der Waals surface area contributed by atoms with Crippen molar-refractivity contribution >= 4 is 19.1 Å². The van der Waals surface area contributed by atoms with Crippen molar-refractivity contribution in [3.05, 3.63) is 71.8 Å². The van der Waals surface area contributed by atoms with E-state index in [0.717, 1.165) is 24.0 Å². The van der Waals surface area contributed by atoms with E-state index >= 15 is 0 Å². The molecule has 2 aromatic rings. The van der Waals surface area contributed by atoms with Gasteiger partial charge < -0.3 is 23.7 Å². The Morgan fingerprint density at radius 1 is 0.647 bits per heavy atom. The summed E-state index contributed by atoms with van der Waals surface area (Å²) in [7, 11) is 0. The molecule has 0 N–H and O–H groups in total. The summed E-state index contributed by atoms with van der Waals surface area (Å²) >= 11 is 0. The maximum Gasteiger partial charge on any atom is 0.509 e. The predicted molar refractivity (Wildman–Crippen MR) is 131 cm³/mol. The van der Waals surface area contributed by atoms with Crippen molar-refractivity contribution in [1.29, 1.82) is 0 Å². The number of carbonyl (C=O) groups excluding carboxylic acids is 3. The summed E-state index contributed by atoms with van der Waals surface area (Å²) in [5.41, 5.74) is 0.976. The standard InChI is InChI=1S/2C13H18O3.CH2O/c2*1-4-13(2,3)16-12(14)15-10-11-8-6-5-7-9-11;1-2/h2*5-9H,4,10H2,1-3H3;1H2. The van der Waals surface area contributed by atoms with Crippen molar-refractivity contribution in [2.24, 2.45) is 0 Å². The van der Waals surface area contributed by atoms with E-state index in [4.69, 9.17) is 23.7 Å². The van der Waals surface area contributed by atoms with Gasteiger partial charge in [0.25, 0.3) is 0 Å². The summed E-state index contributed by atoms with van der Waals surface area (Å²) in [5.74, 6) is 0. The molecule has 0 bridgehead atoms. The minimum atomic E-state index is -0.615. The molecule has 0 amide bonds. The van der Waals surface area contributed by atoms with E-state index in [-0.39, 0.29) is 13.2 Å². The SMILES string of the molecule is C=O.CCC(C)(C)OC(=O)OCc1ccccc1.CCC(C)(C)OC(=O)OCc1ccccc1. The van der Waals surface area contributed by atoms with Gasteiger partial charge in [-0.2, -0.15) is 0 Å². The fraction of sp³-hybridized carbons (Fsp3) is 0.444. The first-order valence-corrected chi connectivity index (χ1v) is 11.1. The molecule has 0 aromatic heterocycles. The summed E-state index contributed by atoms with van der Waals surface area (Å²) in [6.45, 7) is 13.9. The number of ether oxygens (including phenoxy) is 4. The Labute approximate surface area is 203 Å². The van der Waals surface area contributed by atoms with Crippen LogP contribution in [0, 0.1) is 0 Å². The lowest BCUT2D eigenvalue weighted by Gasteiger charge is -2.22. The normalized spacial score (nSPS) is 10.4. The molecule has 0 saturated carbocycles. The second kappa shape index (κ2) is 16.3. The van der Waals surface area contributed by atoms with E-state index in [1.807, 2.05) is 109 Å². The largest absolute Gasteiger partial charge is 0.509 e. The number of carbonyl (C=O) groups is 3. The molecule has 0 fully saturated rings. The molecule has 0 aliphatic rings. The number of hydrogen-bond donors (Lipinski definition) is 0. The van der Waals surface area contributed by atoms with Crippen molar-refractivity contribution in [3.63, 3.8) is 0 Å². The van der Waals surface area contributed by atoms with Gasteiger partial charge >= 0.3 is 12.3 Å². The van der Waals surface area contributed by atoms with Crippen LogP contribution in [0.4, 0.5) is 9.59 Å². The lowest BCUT2D eigenvalue weighted by Crippen LogP contribution is -2.27. The average molecular weight is 475 g/mol. The summed E-state index contributed by atoms with van der Waals surface area (Å²) in [5, 5.41) is 0. The molecule has 7 heteroatoms. The lowest BCUT2D eigenvalue weighted by molar-refractivity contribution is -0.0980. The van der Waals surface area contributed by atoms with Crippen molar-refractivity contribution < 1.29 is 33.3 Å². The molecule has 34 heavy (non-hydrogen) atoms. The molecular formula is C27H38O7. The van der Waals surface area contributed by atoms with Crippen LogP contribution < -0.4 is 0 Å². The highest BCUT2D eigenvalue weighted by Crippen LogP contribution is 2.16. The van der Waals surface area contributed by atoms with Gasteiger partial charge in [0.05, 0.1) is 0 Å². The van der Waals surface area contributed by atoms with Gasteiger partial charge in [-0.25, -0.2) is 9.59 Å². The molecule has 0 spiro atoms. The van der Waals surface area contributed by atoms with Crippen molar-refractivity contribution in [3.8, 4) is 0 Å². The highest BCUT2D eigenvalue weighted by molar-refractivity contribution is 5.61. The van der Waals surface area contributed by atoms with Gasteiger partial charge in [-0.1, -0.05) is 74.5 Å². The fourth-order valence-corrected chi connectivity index (χ4v) is 2.09. The maximum atomic E-state index is 11.3. The van der Waals surface area contributed by atoms with Gasteiger partial charge in [0.1, 0.15) is 31.2 Å². The molecule has 2 rings (SSSR count). The number of rotatable bonds is 8. The molecule has 0 heterocycles. The van der Waals surface area contributed by atoms with Crippen molar-refractivity contribution in [1.82, 2.24) is 0 Å². The van der Waals surface area contributed by atoms with Gasteiger partial charge in [-0.15, -0.1) is 0 Å². The molecular weight excluding hydrogens is 436 g/mol. The van der Waals surface area contributed by atoms with Crippen molar-refractivity contribution in [2.75, 3.05) is 0 Å². The van der Waals surface area contributed by atoms with Crippen LogP contribution in [0.2, 0.25) is 0 Å². The number of benzene rings is 2. The van der Waals surface area contributed by atoms with Gasteiger partial charge in [0, 0.05) is 0 Å². The second-order valence-electron chi connectivity index (χ2n) is 8.48. The Morgan fingerprint density at radius 3 is 1.21 bits per heavy atom. The molecule has 0 radical (unpaired) electrons. The van der Waals surface area contributed by atoms with Crippen LogP contribution in [0.3, 0.4) is 0 Å². The first-order chi connectivity index (χ1) is 16.1. The molecule has 0 unspecified atom stereocenters.